The molecule has 5 nitrogen and oxygen atoms in total. The second-order valence-corrected chi connectivity index (χ2v) is 8.08. The maximum Gasteiger partial charge on any atom is 0.224 e. The zero-order valence-corrected chi connectivity index (χ0v) is 17.5. The van der Waals surface area contributed by atoms with Gasteiger partial charge in [0.15, 0.2) is 10.6 Å². The van der Waals surface area contributed by atoms with Crippen molar-refractivity contribution in [3.05, 3.63) is 70.5 Å². The number of nitrogens with zero attached hydrogens (tertiary/aromatic N) is 3. The molecule has 1 saturated heterocycles. The Morgan fingerprint density at radius 1 is 1.14 bits per heavy atom. The van der Waals surface area contributed by atoms with Gasteiger partial charge in [-0.25, -0.2) is 0 Å². The fourth-order valence-electron chi connectivity index (χ4n) is 4.08. The van der Waals surface area contributed by atoms with Crippen LogP contribution < -0.4 is 0 Å². The Bertz CT molecular complexity index is 1030. The van der Waals surface area contributed by atoms with E-state index in [-0.39, 0.29) is 5.91 Å². The van der Waals surface area contributed by atoms with E-state index >= 15 is 0 Å². The summed E-state index contributed by atoms with van der Waals surface area (Å²) in [5.74, 6) is 1.53. The minimum absolute atomic E-state index is 0.190. The van der Waals surface area contributed by atoms with Crippen molar-refractivity contribution in [1.82, 2.24) is 19.7 Å². The van der Waals surface area contributed by atoms with Gasteiger partial charge in [-0.15, -0.1) is 0 Å². The highest BCUT2D eigenvalue weighted by atomic mass is 32.1. The predicted octanol–water partition coefficient (Wildman–Crippen LogP) is 4.71. The number of carbonyl (C=O) groups excluding carboxylic acids is 1. The first-order valence-electron chi connectivity index (χ1n) is 10.2. The SMILES string of the molecule is Cc1cccc(-c2n[nH]c(=S)n2CCC(=O)N2CCC(c3ccccc3)CC2)c1. The highest BCUT2D eigenvalue weighted by Gasteiger charge is 2.23. The lowest BCUT2D eigenvalue weighted by atomic mass is 9.89. The second-order valence-electron chi connectivity index (χ2n) is 7.69. The number of aryl methyl sites for hydroxylation is 1. The first-order valence-corrected chi connectivity index (χ1v) is 10.6. The van der Waals surface area contributed by atoms with E-state index in [0.29, 0.717) is 23.7 Å². The fourth-order valence-corrected chi connectivity index (χ4v) is 4.31. The molecule has 29 heavy (non-hydrogen) atoms. The van der Waals surface area contributed by atoms with E-state index in [1.807, 2.05) is 27.7 Å². The summed E-state index contributed by atoms with van der Waals surface area (Å²) in [5, 5.41) is 7.26. The number of nitrogens with one attached hydrogen (secondary N) is 1. The number of benzene rings is 2. The third-order valence-corrected chi connectivity index (χ3v) is 6.01. The van der Waals surface area contributed by atoms with Gasteiger partial charge in [0.1, 0.15) is 0 Å². The van der Waals surface area contributed by atoms with Crippen LogP contribution in [0.3, 0.4) is 0 Å². The molecule has 150 valence electrons. The highest BCUT2D eigenvalue weighted by molar-refractivity contribution is 7.71. The van der Waals surface area contributed by atoms with Crippen molar-refractivity contribution in [2.24, 2.45) is 0 Å². The molecule has 0 spiro atoms. The molecule has 0 bridgehead atoms. The molecule has 3 aromatic rings. The van der Waals surface area contributed by atoms with E-state index in [4.69, 9.17) is 12.2 Å². The molecule has 0 aliphatic carbocycles. The number of hydrogen-bond acceptors (Lipinski definition) is 3. The Kier molecular flexibility index (Phi) is 5.90. The van der Waals surface area contributed by atoms with Gasteiger partial charge in [0.25, 0.3) is 0 Å². The fraction of sp³-hybridized carbons (Fsp3) is 0.348. The average Bonchev–Trinajstić information content (AvgIpc) is 3.13. The molecule has 1 N–H and O–H groups in total. The largest absolute Gasteiger partial charge is 0.343 e. The van der Waals surface area contributed by atoms with Gasteiger partial charge in [0.2, 0.25) is 5.91 Å². The van der Waals surface area contributed by atoms with Crippen molar-refractivity contribution in [3.63, 3.8) is 0 Å². The van der Waals surface area contributed by atoms with Crippen LogP contribution in [0.5, 0.6) is 0 Å². The number of aromatic amines is 1. The Hall–Kier alpha value is -2.73. The summed E-state index contributed by atoms with van der Waals surface area (Å²) in [6.07, 6.45) is 2.48. The summed E-state index contributed by atoms with van der Waals surface area (Å²) in [4.78, 5) is 14.8. The number of piperidine rings is 1. The Balaban J connectivity index is 1.37. The topological polar surface area (TPSA) is 53.9 Å². The van der Waals surface area contributed by atoms with Gasteiger partial charge >= 0.3 is 0 Å². The van der Waals surface area contributed by atoms with E-state index in [1.54, 1.807) is 0 Å². The van der Waals surface area contributed by atoms with E-state index < -0.39 is 0 Å². The van der Waals surface area contributed by atoms with Crippen molar-refractivity contribution < 1.29 is 4.79 Å². The number of carbonyl (C=O) groups is 1. The summed E-state index contributed by atoms with van der Waals surface area (Å²) >= 11 is 5.40. The number of H-pyrrole nitrogens is 1. The van der Waals surface area contributed by atoms with Crippen LogP contribution in [-0.2, 0) is 11.3 Å². The van der Waals surface area contributed by atoms with Crippen LogP contribution in [0.2, 0.25) is 0 Å². The van der Waals surface area contributed by atoms with Crippen LogP contribution in [0.1, 0.15) is 36.3 Å². The molecular formula is C23H26N4OS. The van der Waals surface area contributed by atoms with E-state index in [0.717, 1.165) is 37.3 Å². The Labute approximate surface area is 176 Å². The first-order chi connectivity index (χ1) is 14.1. The molecule has 6 heteroatoms. The third-order valence-electron chi connectivity index (χ3n) is 5.70. The molecule has 1 aromatic heterocycles. The van der Waals surface area contributed by atoms with Crippen molar-refractivity contribution in [1.29, 1.82) is 0 Å². The number of amides is 1. The molecule has 0 unspecified atom stereocenters. The number of rotatable bonds is 5. The van der Waals surface area contributed by atoms with Gasteiger partial charge in [0, 0.05) is 31.6 Å². The van der Waals surface area contributed by atoms with Gasteiger partial charge < -0.3 is 4.90 Å². The Morgan fingerprint density at radius 2 is 1.90 bits per heavy atom. The smallest absolute Gasteiger partial charge is 0.224 e. The van der Waals surface area contributed by atoms with Crippen LogP contribution in [0.4, 0.5) is 0 Å². The van der Waals surface area contributed by atoms with Gasteiger partial charge in [0.05, 0.1) is 0 Å². The van der Waals surface area contributed by atoms with Crippen LogP contribution in [0, 0.1) is 11.7 Å². The molecule has 0 radical (unpaired) electrons. The highest BCUT2D eigenvalue weighted by Crippen LogP contribution is 2.28. The van der Waals surface area contributed by atoms with Crippen LogP contribution in [-0.4, -0.2) is 38.7 Å². The van der Waals surface area contributed by atoms with Crippen molar-refractivity contribution in [2.75, 3.05) is 13.1 Å². The van der Waals surface area contributed by atoms with Crippen LogP contribution in [0.15, 0.2) is 54.6 Å². The van der Waals surface area contributed by atoms with Crippen LogP contribution in [0.25, 0.3) is 11.4 Å². The maximum absolute atomic E-state index is 12.8. The standard InChI is InChI=1S/C23H26N4OS/c1-17-6-5-9-20(16-17)22-24-25-23(29)27(22)15-12-21(28)26-13-10-19(11-14-26)18-7-3-2-4-8-18/h2-9,16,19H,10-15H2,1H3,(H,25,29). The molecule has 2 heterocycles. The van der Waals surface area contributed by atoms with E-state index in [2.05, 4.69) is 53.5 Å². The summed E-state index contributed by atoms with van der Waals surface area (Å²) in [5.41, 5.74) is 3.56. The lowest BCUT2D eigenvalue weighted by Gasteiger charge is -2.32. The molecular weight excluding hydrogens is 380 g/mol. The molecule has 2 aromatic carbocycles. The first kappa shape index (κ1) is 19.6. The van der Waals surface area contributed by atoms with Crippen molar-refractivity contribution in [3.8, 4) is 11.4 Å². The van der Waals surface area contributed by atoms with E-state index in [9.17, 15) is 4.79 Å². The lowest BCUT2D eigenvalue weighted by molar-refractivity contribution is -0.132. The van der Waals surface area contributed by atoms with Crippen molar-refractivity contribution >= 4 is 18.1 Å². The van der Waals surface area contributed by atoms with Gasteiger partial charge in [-0.05, 0) is 49.5 Å². The zero-order valence-electron chi connectivity index (χ0n) is 16.7. The average molecular weight is 407 g/mol. The third kappa shape index (κ3) is 4.48. The molecule has 0 saturated carbocycles. The van der Waals surface area contributed by atoms with Gasteiger partial charge in [-0.2, -0.15) is 5.10 Å². The summed E-state index contributed by atoms with van der Waals surface area (Å²) < 4.78 is 2.48. The summed E-state index contributed by atoms with van der Waals surface area (Å²) in [6.45, 7) is 4.23. The molecule has 1 amide bonds. The number of likely N-dealkylation sites (tertiary alicyclic amines) is 1. The summed E-state index contributed by atoms with van der Waals surface area (Å²) in [6, 6.07) is 18.8. The molecule has 4 rings (SSSR count). The molecule has 1 fully saturated rings. The normalized spacial score (nSPS) is 14.9. The molecule has 1 aliphatic heterocycles. The molecule has 0 atom stereocenters. The van der Waals surface area contributed by atoms with Crippen molar-refractivity contribution in [2.45, 2.75) is 38.6 Å². The van der Waals surface area contributed by atoms with Crippen LogP contribution >= 0.6 is 12.2 Å². The Morgan fingerprint density at radius 3 is 2.62 bits per heavy atom. The molecule has 1 aliphatic rings. The number of aromatic nitrogens is 3. The minimum atomic E-state index is 0.190. The van der Waals surface area contributed by atoms with Gasteiger partial charge in [-0.1, -0.05) is 54.1 Å². The van der Waals surface area contributed by atoms with E-state index in [1.165, 1.54) is 11.1 Å². The van der Waals surface area contributed by atoms with Gasteiger partial charge in [-0.3, -0.25) is 14.5 Å². The minimum Gasteiger partial charge on any atom is -0.343 e. The summed E-state index contributed by atoms with van der Waals surface area (Å²) in [7, 11) is 0. The quantitative estimate of drug-likeness (QED) is 0.624. The second kappa shape index (κ2) is 8.74. The lowest BCUT2D eigenvalue weighted by Crippen LogP contribution is -2.38. The maximum atomic E-state index is 12.8. The zero-order chi connectivity index (χ0) is 20.2. The number of hydrogen-bond donors (Lipinski definition) is 1. The predicted molar refractivity (Wildman–Crippen MR) is 117 cm³/mol. The monoisotopic (exact) mass is 406 g/mol.